The maximum Gasteiger partial charge on any atom is 0.0676 e. The van der Waals surface area contributed by atoms with Crippen LogP contribution >= 0.6 is 0 Å². The highest BCUT2D eigenvalue weighted by molar-refractivity contribution is 4.52. The molecule has 0 spiro atoms. The van der Waals surface area contributed by atoms with Crippen molar-refractivity contribution in [2.24, 2.45) is 0 Å². The zero-order valence-electron chi connectivity index (χ0n) is 6.39. The summed E-state index contributed by atoms with van der Waals surface area (Å²) in [6.45, 7) is 2.60. The Morgan fingerprint density at radius 3 is 2.44 bits per heavy atom. The summed E-state index contributed by atoms with van der Waals surface area (Å²) in [5.74, 6) is 0. The average Bonchev–Trinajstić information content (AvgIpc) is 1.83. The lowest BCUT2D eigenvalue weighted by molar-refractivity contribution is 0.136. The van der Waals surface area contributed by atoms with E-state index in [4.69, 9.17) is 5.11 Å². The molecule has 1 atom stereocenters. The van der Waals surface area contributed by atoms with E-state index in [0.717, 1.165) is 6.42 Å². The number of hydrogen-bond acceptors (Lipinski definition) is 3. The van der Waals surface area contributed by atoms with Crippen molar-refractivity contribution in [2.75, 3.05) is 20.6 Å². The first-order valence-corrected chi connectivity index (χ1v) is 3.25. The normalized spacial score (nSPS) is 14.3. The Morgan fingerprint density at radius 2 is 2.11 bits per heavy atom. The molecule has 56 valence electrons. The van der Waals surface area contributed by atoms with Gasteiger partial charge in [0.2, 0.25) is 0 Å². The van der Waals surface area contributed by atoms with Crippen molar-refractivity contribution in [1.82, 2.24) is 10.4 Å². The number of aliphatic hydroxyl groups is 1. The molecular weight excluding hydrogens is 116 g/mol. The van der Waals surface area contributed by atoms with E-state index < -0.39 is 0 Å². The van der Waals surface area contributed by atoms with Crippen molar-refractivity contribution in [3.8, 4) is 0 Å². The first-order valence-electron chi connectivity index (χ1n) is 3.25. The Labute approximate surface area is 56.6 Å². The Balaban J connectivity index is 3.06. The Kier molecular flexibility index (Phi) is 4.67. The minimum Gasteiger partial charge on any atom is -0.392 e. The van der Waals surface area contributed by atoms with Crippen LogP contribution in [0.3, 0.4) is 0 Å². The summed E-state index contributed by atoms with van der Waals surface area (Å²) in [7, 11) is 3.81. The highest BCUT2D eigenvalue weighted by atomic mass is 16.3. The summed E-state index contributed by atoms with van der Waals surface area (Å²) in [6.07, 6.45) is 0.591. The van der Waals surface area contributed by atoms with Crippen LogP contribution < -0.4 is 5.43 Å². The second kappa shape index (κ2) is 4.73. The van der Waals surface area contributed by atoms with Gasteiger partial charge in [0.05, 0.1) is 6.10 Å². The highest BCUT2D eigenvalue weighted by Crippen LogP contribution is 1.85. The Hall–Kier alpha value is -0.120. The van der Waals surface area contributed by atoms with Gasteiger partial charge in [0.15, 0.2) is 0 Å². The molecule has 0 rings (SSSR count). The molecule has 9 heavy (non-hydrogen) atoms. The van der Waals surface area contributed by atoms with Crippen molar-refractivity contribution in [3.05, 3.63) is 0 Å². The summed E-state index contributed by atoms with van der Waals surface area (Å²) in [4.78, 5) is 0. The fourth-order valence-corrected chi connectivity index (χ4v) is 0.432. The molecule has 0 heterocycles. The molecule has 3 heteroatoms. The fourth-order valence-electron chi connectivity index (χ4n) is 0.432. The molecule has 0 aromatic carbocycles. The number of nitrogens with zero attached hydrogens (tertiary/aromatic N) is 1. The topological polar surface area (TPSA) is 35.5 Å². The van der Waals surface area contributed by atoms with Gasteiger partial charge in [-0.3, -0.25) is 10.4 Å². The third-order valence-electron chi connectivity index (χ3n) is 1.11. The summed E-state index contributed by atoms with van der Waals surface area (Å²) in [5.41, 5.74) is 2.98. The van der Waals surface area contributed by atoms with Gasteiger partial charge < -0.3 is 5.11 Å². The molecule has 2 N–H and O–H groups in total. The SMILES string of the molecule is CCC(O)CNN(C)C. The van der Waals surface area contributed by atoms with Crippen LogP contribution in [-0.4, -0.2) is 36.9 Å². The predicted molar refractivity (Wildman–Crippen MR) is 38.0 cm³/mol. The summed E-state index contributed by atoms with van der Waals surface area (Å²) >= 11 is 0. The van der Waals surface area contributed by atoms with Gasteiger partial charge in [0.1, 0.15) is 0 Å². The predicted octanol–water partition coefficient (Wildman–Crippen LogP) is -0.177. The first-order chi connectivity index (χ1) is 4.16. The van der Waals surface area contributed by atoms with E-state index in [9.17, 15) is 0 Å². The Morgan fingerprint density at radius 1 is 1.56 bits per heavy atom. The van der Waals surface area contributed by atoms with E-state index in [1.807, 2.05) is 26.0 Å². The molecule has 1 unspecified atom stereocenters. The lowest BCUT2D eigenvalue weighted by atomic mass is 10.3. The maximum absolute atomic E-state index is 9.02. The number of rotatable bonds is 4. The minimum atomic E-state index is -0.215. The molecule has 0 aliphatic heterocycles. The van der Waals surface area contributed by atoms with E-state index >= 15 is 0 Å². The highest BCUT2D eigenvalue weighted by Gasteiger charge is 1.98. The second-order valence-electron chi connectivity index (χ2n) is 2.32. The lowest BCUT2D eigenvalue weighted by Gasteiger charge is -2.14. The molecule has 0 aromatic rings. The van der Waals surface area contributed by atoms with E-state index in [1.165, 1.54) is 0 Å². The van der Waals surface area contributed by atoms with Gasteiger partial charge >= 0.3 is 0 Å². The van der Waals surface area contributed by atoms with Crippen LogP contribution in [0.5, 0.6) is 0 Å². The molecule has 0 saturated carbocycles. The first kappa shape index (κ1) is 8.88. The second-order valence-corrected chi connectivity index (χ2v) is 2.32. The summed E-state index contributed by atoms with van der Waals surface area (Å²) in [5, 5.41) is 10.8. The van der Waals surface area contributed by atoms with Crippen molar-refractivity contribution in [2.45, 2.75) is 19.4 Å². The quantitative estimate of drug-likeness (QED) is 0.521. The van der Waals surface area contributed by atoms with E-state index in [0.29, 0.717) is 6.54 Å². The van der Waals surface area contributed by atoms with Crippen LogP contribution in [0.2, 0.25) is 0 Å². The van der Waals surface area contributed by atoms with Gasteiger partial charge in [-0.25, -0.2) is 0 Å². The number of hydrazine groups is 1. The maximum atomic E-state index is 9.02. The van der Waals surface area contributed by atoms with Crippen LogP contribution in [0.15, 0.2) is 0 Å². The van der Waals surface area contributed by atoms with Gasteiger partial charge in [-0.2, -0.15) is 0 Å². The number of aliphatic hydroxyl groups excluding tert-OH is 1. The number of nitrogens with one attached hydrogen (secondary N) is 1. The van der Waals surface area contributed by atoms with E-state index in [-0.39, 0.29) is 6.10 Å². The van der Waals surface area contributed by atoms with Gasteiger partial charge in [-0.05, 0) is 6.42 Å². The fraction of sp³-hybridized carbons (Fsp3) is 1.00. The third kappa shape index (κ3) is 5.76. The lowest BCUT2D eigenvalue weighted by Crippen LogP contribution is -2.36. The number of hydrogen-bond donors (Lipinski definition) is 2. The summed E-state index contributed by atoms with van der Waals surface area (Å²) < 4.78 is 0. The molecule has 3 nitrogen and oxygen atoms in total. The molecule has 0 bridgehead atoms. The monoisotopic (exact) mass is 132 g/mol. The van der Waals surface area contributed by atoms with Gasteiger partial charge in [0, 0.05) is 20.6 Å². The van der Waals surface area contributed by atoms with Gasteiger partial charge in [-0.1, -0.05) is 6.92 Å². The molecule has 0 aliphatic rings. The van der Waals surface area contributed by atoms with Crippen LogP contribution in [0, 0.1) is 0 Å². The van der Waals surface area contributed by atoms with Gasteiger partial charge in [-0.15, -0.1) is 0 Å². The van der Waals surface area contributed by atoms with Crippen molar-refractivity contribution < 1.29 is 5.11 Å². The molecular formula is C6H16N2O. The zero-order valence-corrected chi connectivity index (χ0v) is 6.39. The molecule has 0 aliphatic carbocycles. The molecule has 0 amide bonds. The van der Waals surface area contributed by atoms with Crippen LogP contribution in [0.4, 0.5) is 0 Å². The largest absolute Gasteiger partial charge is 0.392 e. The van der Waals surface area contributed by atoms with Crippen LogP contribution in [-0.2, 0) is 0 Å². The van der Waals surface area contributed by atoms with E-state index in [2.05, 4.69) is 5.43 Å². The molecule has 0 aromatic heterocycles. The van der Waals surface area contributed by atoms with E-state index in [1.54, 1.807) is 0 Å². The third-order valence-corrected chi connectivity index (χ3v) is 1.11. The molecule has 0 saturated heterocycles. The standard InChI is InChI=1S/C6H16N2O/c1-4-6(9)5-7-8(2)3/h6-7,9H,4-5H2,1-3H3. The minimum absolute atomic E-state index is 0.215. The van der Waals surface area contributed by atoms with Crippen molar-refractivity contribution in [1.29, 1.82) is 0 Å². The van der Waals surface area contributed by atoms with Crippen molar-refractivity contribution >= 4 is 0 Å². The molecule has 0 radical (unpaired) electrons. The van der Waals surface area contributed by atoms with Crippen molar-refractivity contribution in [3.63, 3.8) is 0 Å². The van der Waals surface area contributed by atoms with Gasteiger partial charge in [0.25, 0.3) is 0 Å². The Bertz CT molecular complexity index is 66.1. The summed E-state index contributed by atoms with van der Waals surface area (Å²) in [6, 6.07) is 0. The van der Waals surface area contributed by atoms with Crippen LogP contribution in [0.25, 0.3) is 0 Å². The smallest absolute Gasteiger partial charge is 0.0676 e. The van der Waals surface area contributed by atoms with Crippen LogP contribution in [0.1, 0.15) is 13.3 Å². The average molecular weight is 132 g/mol. The zero-order chi connectivity index (χ0) is 7.28. The molecule has 0 fully saturated rings.